The van der Waals surface area contributed by atoms with Crippen molar-refractivity contribution in [3.05, 3.63) is 77.5 Å². The lowest BCUT2D eigenvalue weighted by Gasteiger charge is -2.36. The molecule has 0 radical (unpaired) electrons. The normalized spacial score (nSPS) is 16.9. The van der Waals surface area contributed by atoms with E-state index in [2.05, 4.69) is 36.5 Å². The molecule has 0 aliphatic carbocycles. The standard InChI is InChI=1S/C30H34N2O5/c1-6-7-15-37-30(34)32-20(3)25(29(33)24-16-27(35-4)28(36-5)17-26(24)32)18-31-19(2)22-14-10-12-21-11-8-9-13-23(21)22/h8-14,16-20,31H,6-7,15H2,1-5H3. The van der Waals surface area contributed by atoms with Crippen molar-refractivity contribution in [2.75, 3.05) is 25.7 Å². The summed E-state index contributed by atoms with van der Waals surface area (Å²) in [7, 11) is 3.03. The SMILES string of the molecule is CCCCOC(=O)N1c2cc(OC)c(OC)cc2C(=O)C(=CNC(C)c2cccc3ccccc23)C1C. The van der Waals surface area contributed by atoms with Gasteiger partial charge in [-0.25, -0.2) is 4.79 Å². The van der Waals surface area contributed by atoms with Crippen LogP contribution in [0, 0.1) is 0 Å². The first-order valence-electron chi connectivity index (χ1n) is 12.6. The number of nitrogens with zero attached hydrogens (tertiary/aromatic N) is 1. The molecule has 0 aromatic heterocycles. The summed E-state index contributed by atoms with van der Waals surface area (Å²) < 4.78 is 16.4. The third-order valence-corrected chi connectivity index (χ3v) is 6.80. The minimum atomic E-state index is -0.556. The van der Waals surface area contributed by atoms with Crippen molar-refractivity contribution < 1.29 is 23.8 Å². The van der Waals surface area contributed by atoms with Gasteiger partial charge in [0, 0.05) is 23.9 Å². The maximum atomic E-state index is 13.7. The van der Waals surface area contributed by atoms with E-state index in [9.17, 15) is 9.59 Å². The topological polar surface area (TPSA) is 77.1 Å². The molecule has 0 bridgehead atoms. The van der Waals surface area contributed by atoms with Gasteiger partial charge >= 0.3 is 6.09 Å². The predicted molar refractivity (Wildman–Crippen MR) is 146 cm³/mol. The predicted octanol–water partition coefficient (Wildman–Crippen LogP) is 6.42. The number of benzene rings is 3. The largest absolute Gasteiger partial charge is 0.493 e. The van der Waals surface area contributed by atoms with Crippen molar-refractivity contribution in [3.8, 4) is 11.5 Å². The fourth-order valence-electron chi connectivity index (χ4n) is 4.69. The highest BCUT2D eigenvalue weighted by molar-refractivity contribution is 6.18. The fraction of sp³-hybridized carbons (Fsp3) is 0.333. The van der Waals surface area contributed by atoms with Crippen LogP contribution in [0.25, 0.3) is 10.8 Å². The van der Waals surface area contributed by atoms with Crippen LogP contribution >= 0.6 is 0 Å². The zero-order chi connectivity index (χ0) is 26.5. The third kappa shape index (κ3) is 5.12. The molecule has 1 N–H and O–H groups in total. The number of ketones is 1. The summed E-state index contributed by atoms with van der Waals surface area (Å²) in [6.45, 7) is 6.22. The Kier molecular flexibility index (Phi) is 8.01. The number of methoxy groups -OCH3 is 2. The van der Waals surface area contributed by atoms with E-state index in [1.165, 1.54) is 19.1 Å². The van der Waals surface area contributed by atoms with Crippen LogP contribution in [0.4, 0.5) is 10.5 Å². The van der Waals surface area contributed by atoms with Gasteiger partial charge in [-0.2, -0.15) is 0 Å². The third-order valence-electron chi connectivity index (χ3n) is 6.80. The molecule has 1 aliphatic heterocycles. The molecule has 0 spiro atoms. The number of anilines is 1. The molecule has 194 valence electrons. The molecule has 3 aromatic rings. The van der Waals surface area contributed by atoms with E-state index in [1.807, 2.05) is 32.0 Å². The summed E-state index contributed by atoms with van der Waals surface area (Å²) in [6.07, 6.45) is 2.89. The molecule has 2 atom stereocenters. The lowest BCUT2D eigenvalue weighted by Crippen LogP contribution is -2.46. The number of Topliss-reactive ketones (excluding diaryl/α,β-unsaturated/α-hetero) is 1. The van der Waals surface area contributed by atoms with E-state index in [1.54, 1.807) is 18.3 Å². The molecule has 0 fully saturated rings. The van der Waals surface area contributed by atoms with Gasteiger partial charge in [0.25, 0.3) is 0 Å². The summed E-state index contributed by atoms with van der Waals surface area (Å²) in [4.78, 5) is 28.5. The number of hydrogen-bond acceptors (Lipinski definition) is 6. The van der Waals surface area contributed by atoms with Crippen molar-refractivity contribution >= 4 is 28.3 Å². The number of ether oxygens (including phenoxy) is 3. The first-order chi connectivity index (χ1) is 17.9. The van der Waals surface area contributed by atoms with Gasteiger partial charge in [-0.1, -0.05) is 55.8 Å². The van der Waals surface area contributed by atoms with Gasteiger partial charge in [0.05, 0.1) is 38.1 Å². The molecule has 1 aliphatic rings. The molecule has 3 aromatic carbocycles. The highest BCUT2D eigenvalue weighted by atomic mass is 16.6. The molecule has 4 rings (SSSR count). The smallest absolute Gasteiger partial charge is 0.414 e. The van der Waals surface area contributed by atoms with E-state index in [-0.39, 0.29) is 11.8 Å². The summed E-state index contributed by atoms with van der Waals surface area (Å²) in [5.74, 6) is 0.668. The number of amides is 1. The van der Waals surface area contributed by atoms with Crippen molar-refractivity contribution in [1.82, 2.24) is 5.32 Å². The Hall–Kier alpha value is -4.00. The average molecular weight is 503 g/mol. The number of rotatable bonds is 8. The molecular weight excluding hydrogens is 468 g/mol. The number of carbonyl (C=O) groups is 2. The zero-order valence-electron chi connectivity index (χ0n) is 22.0. The van der Waals surface area contributed by atoms with Gasteiger partial charge in [-0.05, 0) is 42.7 Å². The maximum absolute atomic E-state index is 13.7. The van der Waals surface area contributed by atoms with Crippen LogP contribution in [-0.4, -0.2) is 38.7 Å². The van der Waals surface area contributed by atoms with E-state index in [0.717, 1.165) is 29.2 Å². The summed E-state index contributed by atoms with van der Waals surface area (Å²) in [6, 6.07) is 17.0. The molecule has 37 heavy (non-hydrogen) atoms. The monoisotopic (exact) mass is 502 g/mol. The molecular formula is C30H34N2O5. The van der Waals surface area contributed by atoms with Gasteiger partial charge in [0.15, 0.2) is 17.3 Å². The fourth-order valence-corrected chi connectivity index (χ4v) is 4.69. The van der Waals surface area contributed by atoms with E-state index in [4.69, 9.17) is 14.2 Å². The second-order valence-electron chi connectivity index (χ2n) is 9.12. The van der Waals surface area contributed by atoms with Crippen LogP contribution in [0.1, 0.15) is 55.6 Å². The van der Waals surface area contributed by atoms with Crippen LogP contribution in [0.2, 0.25) is 0 Å². The Labute approximate surface area is 218 Å². The number of carbonyl (C=O) groups excluding carboxylic acids is 2. The van der Waals surface area contributed by atoms with Crippen molar-refractivity contribution in [1.29, 1.82) is 0 Å². The van der Waals surface area contributed by atoms with Gasteiger partial charge in [0.2, 0.25) is 0 Å². The molecule has 0 saturated heterocycles. The Bertz CT molecular complexity index is 1330. The summed E-state index contributed by atoms with van der Waals surface area (Å²) >= 11 is 0. The van der Waals surface area contributed by atoms with Crippen LogP contribution < -0.4 is 19.7 Å². The van der Waals surface area contributed by atoms with E-state index < -0.39 is 12.1 Å². The van der Waals surface area contributed by atoms with Crippen LogP contribution in [-0.2, 0) is 4.74 Å². The van der Waals surface area contributed by atoms with Gasteiger partial charge in [0.1, 0.15) is 0 Å². The summed E-state index contributed by atoms with van der Waals surface area (Å²) in [5.41, 5.74) is 2.37. The quantitative estimate of drug-likeness (QED) is 0.283. The Morgan fingerprint density at radius 3 is 2.51 bits per heavy atom. The number of unbranched alkanes of at least 4 members (excludes halogenated alkanes) is 1. The van der Waals surface area contributed by atoms with Gasteiger partial charge in [-0.3, -0.25) is 9.69 Å². The lowest BCUT2D eigenvalue weighted by molar-refractivity contribution is 0.102. The summed E-state index contributed by atoms with van der Waals surface area (Å²) in [5, 5.41) is 5.70. The van der Waals surface area contributed by atoms with Crippen LogP contribution in [0.3, 0.4) is 0 Å². The molecule has 1 heterocycles. The van der Waals surface area contributed by atoms with Crippen molar-refractivity contribution in [2.45, 2.75) is 45.7 Å². The average Bonchev–Trinajstić information content (AvgIpc) is 2.92. The lowest BCUT2D eigenvalue weighted by atomic mass is 9.90. The van der Waals surface area contributed by atoms with Crippen molar-refractivity contribution in [3.63, 3.8) is 0 Å². The molecule has 7 nitrogen and oxygen atoms in total. The number of fused-ring (bicyclic) bond motifs is 2. The molecule has 0 saturated carbocycles. The number of hydrogen-bond donors (Lipinski definition) is 1. The van der Waals surface area contributed by atoms with Gasteiger partial charge < -0.3 is 19.5 Å². The minimum Gasteiger partial charge on any atom is -0.493 e. The first-order valence-corrected chi connectivity index (χ1v) is 12.6. The molecule has 1 amide bonds. The second kappa shape index (κ2) is 11.4. The minimum absolute atomic E-state index is 0.0737. The van der Waals surface area contributed by atoms with Crippen LogP contribution in [0.15, 0.2) is 66.4 Å². The Morgan fingerprint density at radius 1 is 1.08 bits per heavy atom. The maximum Gasteiger partial charge on any atom is 0.414 e. The highest BCUT2D eigenvalue weighted by Crippen LogP contribution is 2.41. The number of nitrogens with one attached hydrogen (secondary N) is 1. The van der Waals surface area contributed by atoms with E-state index in [0.29, 0.717) is 34.9 Å². The Morgan fingerprint density at radius 2 is 1.78 bits per heavy atom. The van der Waals surface area contributed by atoms with Crippen LogP contribution in [0.5, 0.6) is 11.5 Å². The Balaban J connectivity index is 1.72. The van der Waals surface area contributed by atoms with Gasteiger partial charge in [-0.15, -0.1) is 0 Å². The van der Waals surface area contributed by atoms with E-state index >= 15 is 0 Å². The first kappa shape index (κ1) is 26.1. The highest BCUT2D eigenvalue weighted by Gasteiger charge is 2.39. The zero-order valence-corrected chi connectivity index (χ0v) is 22.0. The molecule has 2 unspecified atom stereocenters. The molecule has 7 heteroatoms. The van der Waals surface area contributed by atoms with Crippen molar-refractivity contribution in [2.24, 2.45) is 0 Å². The second-order valence-corrected chi connectivity index (χ2v) is 9.12.